The molecule has 0 atom stereocenters. The largest absolute Gasteiger partial charge is 0.369 e. The quantitative estimate of drug-likeness (QED) is 0.825. The molecule has 3 nitrogen and oxygen atoms in total. The van der Waals surface area contributed by atoms with Gasteiger partial charge in [0.05, 0.1) is 0 Å². The first-order chi connectivity index (χ1) is 9.20. The number of aryl methyl sites for hydroxylation is 2. The molecule has 0 saturated carbocycles. The highest BCUT2D eigenvalue weighted by Crippen LogP contribution is 2.20. The number of rotatable bonds is 5. The monoisotopic (exact) mass is 261 g/mol. The van der Waals surface area contributed by atoms with Crippen LogP contribution >= 0.6 is 0 Å². The van der Waals surface area contributed by atoms with Crippen LogP contribution in [0, 0.1) is 13.8 Å². The molecule has 0 radical (unpaired) electrons. The number of nitrogens with zero attached hydrogens (tertiary/aromatic N) is 2. The first kappa shape index (κ1) is 14.4. The van der Waals surface area contributed by atoms with E-state index in [4.69, 9.17) is 5.73 Å². The molecule has 2 N–H and O–H groups in total. The highest BCUT2D eigenvalue weighted by atomic mass is 15.3. The van der Waals surface area contributed by atoms with Gasteiger partial charge in [0.15, 0.2) is 0 Å². The van der Waals surface area contributed by atoms with Crippen molar-refractivity contribution in [1.82, 2.24) is 4.90 Å². The van der Waals surface area contributed by atoms with Gasteiger partial charge < -0.3 is 10.6 Å². The van der Waals surface area contributed by atoms with E-state index in [-0.39, 0.29) is 0 Å². The molecule has 1 heterocycles. The third kappa shape index (κ3) is 3.95. The van der Waals surface area contributed by atoms with Crippen LogP contribution in [0.2, 0.25) is 0 Å². The van der Waals surface area contributed by atoms with Crippen molar-refractivity contribution in [3.05, 3.63) is 29.3 Å². The Labute approximate surface area is 117 Å². The van der Waals surface area contributed by atoms with Gasteiger partial charge in [-0.3, -0.25) is 4.90 Å². The predicted molar refractivity (Wildman–Crippen MR) is 82.9 cm³/mol. The minimum atomic E-state index is 0.822. The fourth-order valence-corrected chi connectivity index (χ4v) is 2.63. The molecule has 1 saturated heterocycles. The Hall–Kier alpha value is -1.06. The first-order valence-electron chi connectivity index (χ1n) is 7.45. The summed E-state index contributed by atoms with van der Waals surface area (Å²) in [5.74, 6) is 0. The molecule has 0 unspecified atom stereocenters. The van der Waals surface area contributed by atoms with Gasteiger partial charge in [-0.15, -0.1) is 0 Å². The van der Waals surface area contributed by atoms with Crippen molar-refractivity contribution >= 4 is 5.69 Å². The van der Waals surface area contributed by atoms with Gasteiger partial charge in [0.1, 0.15) is 0 Å². The van der Waals surface area contributed by atoms with Crippen LogP contribution in [0.15, 0.2) is 18.2 Å². The first-order valence-corrected chi connectivity index (χ1v) is 7.45. The third-order valence-electron chi connectivity index (χ3n) is 4.16. The van der Waals surface area contributed by atoms with Crippen molar-refractivity contribution in [2.45, 2.75) is 26.7 Å². The number of unbranched alkanes of at least 4 members (excludes halogenated alkanes) is 1. The van der Waals surface area contributed by atoms with Crippen LogP contribution in [0.25, 0.3) is 0 Å². The number of nitrogens with two attached hydrogens (primary N) is 1. The molecule has 0 amide bonds. The molecule has 0 bridgehead atoms. The number of hydrogen-bond donors (Lipinski definition) is 1. The Bertz CT molecular complexity index is 395. The van der Waals surface area contributed by atoms with Crippen molar-refractivity contribution in [1.29, 1.82) is 0 Å². The van der Waals surface area contributed by atoms with Gasteiger partial charge in [-0.1, -0.05) is 6.07 Å². The fraction of sp³-hybridized carbons (Fsp3) is 0.625. The standard InChI is InChI=1S/C16H27N3/c1-14-5-6-16(13-15(14)2)19-11-9-18(10-12-19)8-4-3-7-17/h5-6,13H,3-4,7-12,17H2,1-2H3. The second-order valence-corrected chi connectivity index (χ2v) is 5.59. The summed E-state index contributed by atoms with van der Waals surface area (Å²) < 4.78 is 0. The van der Waals surface area contributed by atoms with E-state index in [0.717, 1.165) is 26.1 Å². The SMILES string of the molecule is Cc1ccc(N2CCN(CCCCN)CC2)cc1C. The molecule has 2 rings (SSSR count). The molecule has 1 aromatic rings. The summed E-state index contributed by atoms with van der Waals surface area (Å²) in [5.41, 5.74) is 9.69. The average Bonchev–Trinajstić information content (AvgIpc) is 2.43. The maximum Gasteiger partial charge on any atom is 0.0369 e. The molecule has 1 fully saturated rings. The lowest BCUT2D eigenvalue weighted by Crippen LogP contribution is -2.46. The van der Waals surface area contributed by atoms with E-state index in [9.17, 15) is 0 Å². The van der Waals surface area contributed by atoms with Crippen LogP contribution in [-0.2, 0) is 0 Å². The van der Waals surface area contributed by atoms with E-state index < -0.39 is 0 Å². The molecule has 1 aromatic carbocycles. The van der Waals surface area contributed by atoms with Gasteiger partial charge >= 0.3 is 0 Å². The van der Waals surface area contributed by atoms with Crippen LogP contribution in [0.1, 0.15) is 24.0 Å². The van der Waals surface area contributed by atoms with E-state index in [0.29, 0.717) is 0 Å². The molecular weight excluding hydrogens is 234 g/mol. The van der Waals surface area contributed by atoms with Crippen molar-refractivity contribution in [2.24, 2.45) is 5.73 Å². The van der Waals surface area contributed by atoms with E-state index in [1.165, 1.54) is 42.9 Å². The Morgan fingerprint density at radius 2 is 1.74 bits per heavy atom. The van der Waals surface area contributed by atoms with Gasteiger partial charge in [-0.2, -0.15) is 0 Å². The zero-order chi connectivity index (χ0) is 13.7. The van der Waals surface area contributed by atoms with Crippen molar-refractivity contribution < 1.29 is 0 Å². The van der Waals surface area contributed by atoms with Crippen LogP contribution in [0.5, 0.6) is 0 Å². The number of piperazine rings is 1. The highest BCUT2D eigenvalue weighted by molar-refractivity contribution is 5.50. The lowest BCUT2D eigenvalue weighted by molar-refractivity contribution is 0.253. The van der Waals surface area contributed by atoms with Gasteiger partial charge in [-0.25, -0.2) is 0 Å². The smallest absolute Gasteiger partial charge is 0.0369 e. The Kier molecular flexibility index (Phi) is 5.23. The van der Waals surface area contributed by atoms with Crippen LogP contribution in [-0.4, -0.2) is 44.2 Å². The van der Waals surface area contributed by atoms with Gasteiger partial charge in [0.25, 0.3) is 0 Å². The van der Waals surface area contributed by atoms with Crippen LogP contribution < -0.4 is 10.6 Å². The second kappa shape index (κ2) is 6.92. The number of hydrogen-bond acceptors (Lipinski definition) is 3. The molecule has 0 aromatic heterocycles. The average molecular weight is 261 g/mol. The van der Waals surface area contributed by atoms with Gasteiger partial charge in [0, 0.05) is 31.9 Å². The lowest BCUT2D eigenvalue weighted by atomic mass is 10.1. The molecular formula is C16H27N3. The summed E-state index contributed by atoms with van der Waals surface area (Å²) in [6, 6.07) is 6.81. The molecule has 3 heteroatoms. The van der Waals surface area contributed by atoms with Crippen LogP contribution in [0.4, 0.5) is 5.69 Å². The molecule has 0 spiro atoms. The van der Waals surface area contributed by atoms with Crippen LogP contribution in [0.3, 0.4) is 0 Å². The minimum Gasteiger partial charge on any atom is -0.369 e. The van der Waals surface area contributed by atoms with E-state index >= 15 is 0 Å². The molecule has 1 aliphatic rings. The minimum absolute atomic E-state index is 0.822. The Morgan fingerprint density at radius 1 is 1.00 bits per heavy atom. The molecule has 1 aliphatic heterocycles. The molecule has 19 heavy (non-hydrogen) atoms. The summed E-state index contributed by atoms with van der Waals surface area (Å²) in [6.07, 6.45) is 2.39. The van der Waals surface area contributed by atoms with E-state index in [2.05, 4.69) is 41.8 Å². The highest BCUT2D eigenvalue weighted by Gasteiger charge is 2.16. The topological polar surface area (TPSA) is 32.5 Å². The summed E-state index contributed by atoms with van der Waals surface area (Å²) >= 11 is 0. The fourth-order valence-electron chi connectivity index (χ4n) is 2.63. The van der Waals surface area contributed by atoms with Gasteiger partial charge in [0.2, 0.25) is 0 Å². The summed E-state index contributed by atoms with van der Waals surface area (Å²) in [5, 5.41) is 0. The predicted octanol–water partition coefficient (Wildman–Crippen LogP) is 2.16. The second-order valence-electron chi connectivity index (χ2n) is 5.59. The van der Waals surface area contributed by atoms with Crippen molar-refractivity contribution in [3.8, 4) is 0 Å². The zero-order valence-electron chi connectivity index (χ0n) is 12.4. The Morgan fingerprint density at radius 3 is 2.37 bits per heavy atom. The maximum absolute atomic E-state index is 5.54. The zero-order valence-corrected chi connectivity index (χ0v) is 12.4. The van der Waals surface area contributed by atoms with Crippen molar-refractivity contribution in [3.63, 3.8) is 0 Å². The summed E-state index contributed by atoms with van der Waals surface area (Å²) in [4.78, 5) is 5.07. The third-order valence-corrected chi connectivity index (χ3v) is 4.16. The number of benzene rings is 1. The lowest BCUT2D eigenvalue weighted by Gasteiger charge is -2.36. The summed E-state index contributed by atoms with van der Waals surface area (Å²) in [6.45, 7) is 11.0. The Balaban J connectivity index is 1.84. The van der Waals surface area contributed by atoms with Crippen molar-refractivity contribution in [2.75, 3.05) is 44.2 Å². The normalized spacial score (nSPS) is 16.9. The summed E-state index contributed by atoms with van der Waals surface area (Å²) in [7, 11) is 0. The molecule has 106 valence electrons. The molecule has 0 aliphatic carbocycles. The van der Waals surface area contributed by atoms with E-state index in [1.54, 1.807) is 0 Å². The number of anilines is 1. The van der Waals surface area contributed by atoms with E-state index in [1.807, 2.05) is 0 Å². The van der Waals surface area contributed by atoms with Gasteiger partial charge in [-0.05, 0) is 63.0 Å². The maximum atomic E-state index is 5.54.